The molecule has 1 rings (SSSR count). The minimum atomic E-state index is -1.49. The van der Waals surface area contributed by atoms with E-state index in [2.05, 4.69) is 10.6 Å². The lowest BCUT2D eigenvalue weighted by atomic mass is 10.1. The van der Waals surface area contributed by atoms with Gasteiger partial charge in [-0.05, 0) is 24.6 Å². The van der Waals surface area contributed by atoms with Crippen LogP contribution in [0, 0.1) is 0 Å². The molecule has 8 heteroatoms. The topological polar surface area (TPSA) is 116 Å². The van der Waals surface area contributed by atoms with Gasteiger partial charge in [-0.3, -0.25) is 4.79 Å². The number of aliphatic carboxylic acids is 2. The van der Waals surface area contributed by atoms with Gasteiger partial charge in [-0.25, -0.2) is 9.59 Å². The van der Waals surface area contributed by atoms with Crippen LogP contribution in [0.3, 0.4) is 0 Å². The van der Waals surface area contributed by atoms with Crippen LogP contribution in [-0.2, 0) is 9.59 Å². The number of hydrogen-bond acceptors (Lipinski definition) is 3. The number of benzene rings is 1. The number of carboxylic acid groups (broad SMARTS) is 2. The minimum absolute atomic E-state index is 0.387. The van der Waals surface area contributed by atoms with Crippen LogP contribution in [0.15, 0.2) is 24.3 Å². The van der Waals surface area contributed by atoms with Gasteiger partial charge in [-0.2, -0.15) is 0 Å². The first kappa shape index (κ1) is 16.8. The van der Waals surface area contributed by atoms with Crippen molar-refractivity contribution in [2.45, 2.75) is 25.4 Å². The number of amides is 2. The monoisotopic (exact) mass is 314 g/mol. The van der Waals surface area contributed by atoms with Gasteiger partial charge in [-0.1, -0.05) is 23.7 Å². The van der Waals surface area contributed by atoms with Crippen molar-refractivity contribution in [3.63, 3.8) is 0 Å². The third kappa shape index (κ3) is 5.70. The number of carboxylic acids is 2. The molecule has 114 valence electrons. The molecule has 1 unspecified atom stereocenters. The van der Waals surface area contributed by atoms with Crippen molar-refractivity contribution in [1.82, 2.24) is 10.6 Å². The van der Waals surface area contributed by atoms with Crippen LogP contribution >= 0.6 is 11.6 Å². The normalized spacial score (nSPS) is 13.0. The van der Waals surface area contributed by atoms with Crippen molar-refractivity contribution in [2.75, 3.05) is 0 Å². The molecule has 0 aliphatic rings. The van der Waals surface area contributed by atoms with E-state index in [1.54, 1.807) is 31.2 Å². The van der Waals surface area contributed by atoms with Gasteiger partial charge in [0.1, 0.15) is 6.04 Å². The highest BCUT2D eigenvalue weighted by Gasteiger charge is 2.23. The highest BCUT2D eigenvalue weighted by Crippen LogP contribution is 2.15. The second kappa shape index (κ2) is 7.49. The summed E-state index contributed by atoms with van der Waals surface area (Å²) in [6.07, 6.45) is -0.696. The Labute approximate surface area is 125 Å². The summed E-state index contributed by atoms with van der Waals surface area (Å²) in [5, 5.41) is 22.6. The standard InChI is InChI=1S/C13H15ClN2O5/c1-7(8-2-4-9(14)5-3-8)15-13(21)16-10(12(19)20)6-11(17)18/h2-5,7,10H,6H2,1H3,(H,17,18)(H,19,20)(H2,15,16,21)/t7?,10-/m1/s1. The Morgan fingerprint density at radius 2 is 1.71 bits per heavy atom. The lowest BCUT2D eigenvalue weighted by Gasteiger charge is -2.17. The Morgan fingerprint density at radius 1 is 1.14 bits per heavy atom. The third-order valence-corrected chi connectivity index (χ3v) is 2.95. The maximum absolute atomic E-state index is 11.7. The van der Waals surface area contributed by atoms with Crippen LogP contribution in [0.5, 0.6) is 0 Å². The van der Waals surface area contributed by atoms with E-state index in [1.807, 2.05) is 0 Å². The summed E-state index contributed by atoms with van der Waals surface area (Å²) in [6, 6.07) is 4.14. The predicted octanol–water partition coefficient (Wildman–Crippen LogP) is 1.63. The Balaban J connectivity index is 2.61. The molecule has 21 heavy (non-hydrogen) atoms. The zero-order valence-electron chi connectivity index (χ0n) is 11.2. The number of hydrogen-bond donors (Lipinski definition) is 4. The number of nitrogens with one attached hydrogen (secondary N) is 2. The minimum Gasteiger partial charge on any atom is -0.481 e. The van der Waals surface area contributed by atoms with Gasteiger partial charge in [0.15, 0.2) is 0 Å². The first-order chi connectivity index (χ1) is 9.79. The summed E-state index contributed by atoms with van der Waals surface area (Å²) in [7, 11) is 0. The molecule has 0 saturated carbocycles. The number of carbonyl (C=O) groups is 3. The van der Waals surface area contributed by atoms with Gasteiger partial charge >= 0.3 is 18.0 Å². The number of halogens is 1. The molecule has 0 radical (unpaired) electrons. The molecular formula is C13H15ClN2O5. The molecule has 0 fully saturated rings. The second-order valence-corrected chi connectivity index (χ2v) is 4.82. The van der Waals surface area contributed by atoms with Crippen LogP contribution in [0.4, 0.5) is 4.79 Å². The van der Waals surface area contributed by atoms with Crippen LogP contribution < -0.4 is 10.6 Å². The Bertz CT molecular complexity index is 532. The summed E-state index contributed by atoms with van der Waals surface area (Å²) >= 11 is 5.75. The summed E-state index contributed by atoms with van der Waals surface area (Å²) in [5.74, 6) is -2.72. The molecule has 0 aliphatic heterocycles. The van der Waals surface area contributed by atoms with Crippen LogP contribution in [-0.4, -0.2) is 34.2 Å². The van der Waals surface area contributed by atoms with Crippen molar-refractivity contribution in [1.29, 1.82) is 0 Å². The highest BCUT2D eigenvalue weighted by molar-refractivity contribution is 6.30. The van der Waals surface area contributed by atoms with Crippen molar-refractivity contribution in [3.05, 3.63) is 34.9 Å². The van der Waals surface area contributed by atoms with Crippen LogP contribution in [0.25, 0.3) is 0 Å². The molecule has 0 aliphatic carbocycles. The average molecular weight is 315 g/mol. The largest absolute Gasteiger partial charge is 0.481 e. The number of rotatable bonds is 6. The Morgan fingerprint density at radius 3 is 2.19 bits per heavy atom. The molecule has 7 nitrogen and oxygen atoms in total. The quantitative estimate of drug-likeness (QED) is 0.637. The molecule has 0 saturated heterocycles. The van der Waals surface area contributed by atoms with E-state index in [0.717, 1.165) is 5.56 Å². The smallest absolute Gasteiger partial charge is 0.326 e. The summed E-state index contributed by atoms with van der Waals surface area (Å²) < 4.78 is 0. The van der Waals surface area contributed by atoms with E-state index in [0.29, 0.717) is 5.02 Å². The SMILES string of the molecule is CC(NC(=O)N[C@H](CC(=O)O)C(=O)O)c1ccc(Cl)cc1. The van der Waals surface area contributed by atoms with E-state index < -0.39 is 30.4 Å². The maximum Gasteiger partial charge on any atom is 0.326 e. The molecule has 1 aromatic carbocycles. The lowest BCUT2D eigenvalue weighted by molar-refractivity contribution is -0.145. The van der Waals surface area contributed by atoms with Crippen molar-refractivity contribution in [2.24, 2.45) is 0 Å². The summed E-state index contributed by atoms with van der Waals surface area (Å²) in [4.78, 5) is 33.1. The van der Waals surface area contributed by atoms with Gasteiger partial charge in [0.25, 0.3) is 0 Å². The summed E-state index contributed by atoms with van der Waals surface area (Å²) in [6.45, 7) is 1.70. The molecule has 2 atom stereocenters. The molecule has 1 aromatic rings. The van der Waals surface area contributed by atoms with Gasteiger partial charge in [0.2, 0.25) is 0 Å². The van der Waals surface area contributed by atoms with Gasteiger partial charge in [0.05, 0.1) is 12.5 Å². The molecular weight excluding hydrogens is 300 g/mol. The van der Waals surface area contributed by atoms with Gasteiger partial charge < -0.3 is 20.8 Å². The zero-order valence-corrected chi connectivity index (χ0v) is 11.9. The van der Waals surface area contributed by atoms with Crippen molar-refractivity contribution >= 4 is 29.6 Å². The van der Waals surface area contributed by atoms with Gasteiger partial charge in [-0.15, -0.1) is 0 Å². The average Bonchev–Trinajstić information content (AvgIpc) is 2.37. The maximum atomic E-state index is 11.7. The molecule has 4 N–H and O–H groups in total. The predicted molar refractivity (Wildman–Crippen MR) is 75.2 cm³/mol. The van der Waals surface area contributed by atoms with E-state index in [-0.39, 0.29) is 6.04 Å². The number of carbonyl (C=O) groups excluding carboxylic acids is 1. The lowest BCUT2D eigenvalue weighted by Crippen LogP contribution is -2.47. The first-order valence-corrected chi connectivity index (χ1v) is 6.44. The number of urea groups is 1. The molecule has 2 amide bonds. The Kier molecular flexibility index (Phi) is 5.98. The van der Waals surface area contributed by atoms with Crippen LogP contribution in [0.2, 0.25) is 5.02 Å². The summed E-state index contributed by atoms with van der Waals surface area (Å²) in [5.41, 5.74) is 0.777. The molecule has 0 spiro atoms. The fraction of sp³-hybridized carbons (Fsp3) is 0.308. The van der Waals surface area contributed by atoms with Crippen molar-refractivity contribution in [3.8, 4) is 0 Å². The fourth-order valence-electron chi connectivity index (χ4n) is 1.61. The van der Waals surface area contributed by atoms with E-state index in [9.17, 15) is 14.4 Å². The van der Waals surface area contributed by atoms with E-state index in [4.69, 9.17) is 21.8 Å². The zero-order chi connectivity index (χ0) is 16.0. The molecule has 0 heterocycles. The fourth-order valence-corrected chi connectivity index (χ4v) is 1.73. The van der Waals surface area contributed by atoms with E-state index >= 15 is 0 Å². The molecule has 0 bridgehead atoms. The molecule has 0 aromatic heterocycles. The van der Waals surface area contributed by atoms with Gasteiger partial charge in [0, 0.05) is 5.02 Å². The first-order valence-electron chi connectivity index (χ1n) is 6.06. The van der Waals surface area contributed by atoms with E-state index in [1.165, 1.54) is 0 Å². The highest BCUT2D eigenvalue weighted by atomic mass is 35.5. The second-order valence-electron chi connectivity index (χ2n) is 4.38. The van der Waals surface area contributed by atoms with Crippen molar-refractivity contribution < 1.29 is 24.6 Å². The Hall–Kier alpha value is -2.28. The van der Waals surface area contributed by atoms with Crippen LogP contribution in [0.1, 0.15) is 24.9 Å². The third-order valence-electron chi connectivity index (χ3n) is 2.70.